The quantitative estimate of drug-likeness (QED) is 0.501. The largest absolute Gasteiger partial charge is 0.290 e. The van der Waals surface area contributed by atoms with Crippen LogP contribution < -0.4 is 4.57 Å². The fraction of sp³-hybridized carbons (Fsp3) is 0.211. The summed E-state index contributed by atoms with van der Waals surface area (Å²) in [5.74, 6) is 1.25. The number of nitrogens with zero attached hydrogens (tertiary/aromatic N) is 2. The van der Waals surface area contributed by atoms with Crippen molar-refractivity contribution in [1.82, 2.24) is 4.57 Å². The molecule has 1 heterocycles. The highest BCUT2D eigenvalue weighted by Crippen LogP contribution is 2.23. The first-order chi connectivity index (χ1) is 10.3. The van der Waals surface area contributed by atoms with E-state index in [1.165, 1.54) is 28.0 Å². The first-order valence-electron chi connectivity index (χ1n) is 7.45. The van der Waals surface area contributed by atoms with Gasteiger partial charge >= 0.3 is 0 Å². The Morgan fingerprint density at radius 1 is 1.10 bits per heavy atom. The van der Waals surface area contributed by atoms with E-state index in [2.05, 4.69) is 78.1 Å². The fourth-order valence-electron chi connectivity index (χ4n) is 2.94. The number of allylic oxidation sites excluding steroid dienone is 1. The van der Waals surface area contributed by atoms with Crippen molar-refractivity contribution >= 4 is 11.0 Å². The molecule has 0 fully saturated rings. The lowest BCUT2D eigenvalue weighted by Gasteiger charge is -2.03. The van der Waals surface area contributed by atoms with Crippen molar-refractivity contribution in [3.63, 3.8) is 0 Å². The lowest BCUT2D eigenvalue weighted by Crippen LogP contribution is -2.34. The van der Waals surface area contributed by atoms with Crippen LogP contribution in [-0.4, -0.2) is 4.57 Å². The third kappa shape index (κ3) is 2.27. The monoisotopic (exact) mass is 277 g/mol. The number of para-hydroxylation sites is 2. The Labute approximate surface area is 126 Å². The van der Waals surface area contributed by atoms with E-state index >= 15 is 0 Å². The number of aromatic nitrogens is 2. The third-order valence-corrected chi connectivity index (χ3v) is 3.91. The predicted molar refractivity (Wildman–Crippen MR) is 88.2 cm³/mol. The van der Waals surface area contributed by atoms with Gasteiger partial charge in [-0.05, 0) is 38.1 Å². The number of fused-ring (bicyclic) bond motifs is 1. The molecule has 0 aliphatic heterocycles. The summed E-state index contributed by atoms with van der Waals surface area (Å²) in [5, 5.41) is 0. The van der Waals surface area contributed by atoms with E-state index in [0.29, 0.717) is 0 Å². The van der Waals surface area contributed by atoms with Crippen molar-refractivity contribution in [2.24, 2.45) is 0 Å². The smallest absolute Gasteiger partial charge is 0.223 e. The van der Waals surface area contributed by atoms with Crippen LogP contribution in [0, 0.1) is 6.92 Å². The van der Waals surface area contributed by atoms with Gasteiger partial charge in [0.1, 0.15) is 6.54 Å². The number of rotatable bonds is 4. The molecule has 0 N–H and O–H groups in total. The molecule has 0 aliphatic rings. The number of imidazole rings is 1. The highest BCUT2D eigenvalue weighted by atomic mass is 15.2. The second-order valence-electron chi connectivity index (χ2n) is 5.32. The average molecular weight is 277 g/mol. The summed E-state index contributed by atoms with van der Waals surface area (Å²) in [7, 11) is 0. The summed E-state index contributed by atoms with van der Waals surface area (Å²) in [6, 6.07) is 17.3. The number of benzene rings is 2. The van der Waals surface area contributed by atoms with E-state index in [9.17, 15) is 0 Å². The Bertz CT molecular complexity index is 779. The lowest BCUT2D eigenvalue weighted by molar-refractivity contribution is -0.650. The first-order valence-corrected chi connectivity index (χ1v) is 7.45. The van der Waals surface area contributed by atoms with Gasteiger partial charge in [0.2, 0.25) is 0 Å². The Morgan fingerprint density at radius 3 is 2.48 bits per heavy atom. The van der Waals surface area contributed by atoms with Crippen molar-refractivity contribution in [2.75, 3.05) is 0 Å². The molecule has 0 saturated carbocycles. The zero-order chi connectivity index (χ0) is 14.8. The van der Waals surface area contributed by atoms with E-state index in [-0.39, 0.29) is 0 Å². The van der Waals surface area contributed by atoms with Crippen molar-refractivity contribution < 1.29 is 4.57 Å². The second-order valence-corrected chi connectivity index (χ2v) is 5.32. The van der Waals surface area contributed by atoms with Crippen LogP contribution in [0.5, 0.6) is 0 Å². The molecule has 1 aromatic heterocycles. The summed E-state index contributed by atoms with van der Waals surface area (Å²) in [4.78, 5) is 0. The highest BCUT2D eigenvalue weighted by Gasteiger charge is 2.24. The van der Waals surface area contributed by atoms with Gasteiger partial charge < -0.3 is 0 Å². The number of hydrogen-bond donors (Lipinski definition) is 0. The van der Waals surface area contributed by atoms with Crippen LogP contribution in [-0.2, 0) is 13.1 Å². The SMILES string of the molecule is C=CC[n+]1c(-c2ccc(C)cc2)n(CC)c2ccccc21. The topological polar surface area (TPSA) is 8.81 Å². The third-order valence-electron chi connectivity index (χ3n) is 3.91. The van der Waals surface area contributed by atoms with Gasteiger partial charge in [0.15, 0.2) is 11.0 Å². The minimum Gasteiger partial charge on any atom is -0.223 e. The minimum atomic E-state index is 0.816. The van der Waals surface area contributed by atoms with Gasteiger partial charge in [0, 0.05) is 0 Å². The van der Waals surface area contributed by atoms with Crippen molar-refractivity contribution in [1.29, 1.82) is 0 Å². The molecule has 106 valence electrons. The van der Waals surface area contributed by atoms with Gasteiger partial charge in [-0.1, -0.05) is 42.5 Å². The van der Waals surface area contributed by atoms with Crippen LogP contribution in [0.2, 0.25) is 0 Å². The standard InChI is InChI=1S/C19H21N2/c1-4-14-21-18-9-7-6-8-17(18)20(5-2)19(21)16-12-10-15(3)11-13-16/h4,6-13H,1,5,14H2,2-3H3/q+1. The predicted octanol–water partition coefficient (Wildman–Crippen LogP) is 4.11. The van der Waals surface area contributed by atoms with E-state index in [4.69, 9.17) is 0 Å². The van der Waals surface area contributed by atoms with Crippen LogP contribution in [0.3, 0.4) is 0 Å². The van der Waals surface area contributed by atoms with Crippen LogP contribution >= 0.6 is 0 Å². The first kappa shape index (κ1) is 13.6. The Kier molecular flexibility index (Phi) is 3.61. The van der Waals surface area contributed by atoms with Crippen LogP contribution in [0.25, 0.3) is 22.4 Å². The van der Waals surface area contributed by atoms with E-state index in [1.807, 2.05) is 6.08 Å². The molecule has 3 aromatic rings. The second kappa shape index (κ2) is 5.57. The Hall–Kier alpha value is -2.35. The fourth-order valence-corrected chi connectivity index (χ4v) is 2.94. The molecule has 2 aromatic carbocycles. The van der Waals surface area contributed by atoms with Crippen molar-refractivity contribution in [2.45, 2.75) is 26.9 Å². The molecule has 2 heteroatoms. The van der Waals surface area contributed by atoms with Gasteiger partial charge in [-0.3, -0.25) is 0 Å². The molecular weight excluding hydrogens is 256 g/mol. The van der Waals surface area contributed by atoms with Gasteiger partial charge in [0.05, 0.1) is 12.1 Å². The zero-order valence-corrected chi connectivity index (χ0v) is 12.7. The van der Waals surface area contributed by atoms with E-state index in [0.717, 1.165) is 13.1 Å². The van der Waals surface area contributed by atoms with Crippen LogP contribution in [0.4, 0.5) is 0 Å². The number of aryl methyl sites for hydroxylation is 2. The lowest BCUT2D eigenvalue weighted by atomic mass is 10.1. The summed E-state index contributed by atoms with van der Waals surface area (Å²) in [6.45, 7) is 10.0. The molecule has 2 nitrogen and oxygen atoms in total. The Balaban J connectivity index is 2.35. The van der Waals surface area contributed by atoms with E-state index < -0.39 is 0 Å². The molecular formula is C19H21N2+. The molecule has 0 aliphatic carbocycles. The molecule has 0 saturated heterocycles. The van der Waals surface area contributed by atoms with E-state index in [1.54, 1.807) is 0 Å². The number of hydrogen-bond acceptors (Lipinski definition) is 0. The molecule has 21 heavy (non-hydrogen) atoms. The van der Waals surface area contributed by atoms with Gasteiger partial charge in [-0.15, -0.1) is 0 Å². The molecule has 0 radical (unpaired) electrons. The summed E-state index contributed by atoms with van der Waals surface area (Å²) >= 11 is 0. The average Bonchev–Trinajstić information content (AvgIpc) is 2.83. The summed E-state index contributed by atoms with van der Waals surface area (Å²) in [6.07, 6.45) is 1.96. The molecule has 0 spiro atoms. The van der Waals surface area contributed by atoms with Crippen molar-refractivity contribution in [3.8, 4) is 11.4 Å². The summed E-state index contributed by atoms with van der Waals surface area (Å²) < 4.78 is 4.72. The highest BCUT2D eigenvalue weighted by molar-refractivity contribution is 5.76. The Morgan fingerprint density at radius 2 is 1.81 bits per heavy atom. The molecule has 0 bridgehead atoms. The zero-order valence-electron chi connectivity index (χ0n) is 12.7. The minimum absolute atomic E-state index is 0.816. The maximum atomic E-state index is 3.92. The van der Waals surface area contributed by atoms with Crippen molar-refractivity contribution in [3.05, 3.63) is 66.7 Å². The molecule has 3 rings (SSSR count). The molecule has 0 atom stereocenters. The van der Waals surface area contributed by atoms with Gasteiger partial charge in [-0.2, -0.15) is 0 Å². The van der Waals surface area contributed by atoms with Gasteiger partial charge in [0.25, 0.3) is 5.82 Å². The van der Waals surface area contributed by atoms with Crippen LogP contribution in [0.1, 0.15) is 12.5 Å². The molecule has 0 unspecified atom stereocenters. The summed E-state index contributed by atoms with van der Waals surface area (Å²) in [5.41, 5.74) is 5.07. The van der Waals surface area contributed by atoms with Crippen LogP contribution in [0.15, 0.2) is 61.2 Å². The molecule has 0 amide bonds. The maximum Gasteiger partial charge on any atom is 0.290 e. The van der Waals surface area contributed by atoms with Gasteiger partial charge in [-0.25, -0.2) is 9.13 Å². The normalized spacial score (nSPS) is 11.0. The maximum absolute atomic E-state index is 3.92.